The average Bonchev–Trinajstić information content (AvgIpc) is 3.19. The normalized spacial score (nSPS) is 26.2. The van der Waals surface area contributed by atoms with E-state index in [0.717, 1.165) is 0 Å². The second kappa shape index (κ2) is 24.6. The zero-order valence-electron chi connectivity index (χ0n) is 39.6. The molecule has 0 aromatic heterocycles. The van der Waals surface area contributed by atoms with Crippen LogP contribution in [0.25, 0.3) is 0 Å². The lowest BCUT2D eigenvalue weighted by Crippen LogP contribution is -2.68. The Morgan fingerprint density at radius 2 is 0.571 bits per heavy atom. The Bertz CT molecular complexity index is 1580. The van der Waals surface area contributed by atoms with Gasteiger partial charge in [-0.1, -0.05) is 111 Å². The van der Waals surface area contributed by atoms with Crippen molar-refractivity contribution in [2.45, 2.75) is 172 Å². The highest BCUT2D eigenvalue weighted by Gasteiger charge is 2.59. The largest absolute Gasteiger partial charge is 0.463 e. The van der Waals surface area contributed by atoms with Gasteiger partial charge in [-0.25, -0.2) is 0 Å². The third-order valence-corrected chi connectivity index (χ3v) is 9.52. The van der Waals surface area contributed by atoms with E-state index in [0.29, 0.717) is 0 Å². The molecule has 0 amide bonds. The van der Waals surface area contributed by atoms with Gasteiger partial charge in [-0.05, 0) is 0 Å². The number of hydrogen-bond acceptors (Lipinski definition) is 19. The Morgan fingerprint density at radius 3 is 0.921 bits per heavy atom. The zero-order chi connectivity index (χ0) is 48.2. The molecule has 10 atom stereocenters. The Morgan fingerprint density at radius 1 is 0.317 bits per heavy atom. The molecule has 2 rings (SSSR count). The van der Waals surface area contributed by atoms with E-state index in [1.165, 1.54) is 41.5 Å². The first-order valence-electron chi connectivity index (χ1n) is 21.7. The summed E-state index contributed by atoms with van der Waals surface area (Å²) in [6.45, 7) is 23.6. The van der Waals surface area contributed by atoms with E-state index in [-0.39, 0.29) is 0 Å². The van der Waals surface area contributed by atoms with Gasteiger partial charge in [0.15, 0.2) is 30.7 Å². The Hall–Kier alpha value is -4.36. The quantitative estimate of drug-likeness (QED) is 0.123. The minimum Gasteiger partial charge on any atom is -0.463 e. The molecule has 0 radical (unpaired) electrons. The molecule has 360 valence electrons. The van der Waals surface area contributed by atoms with E-state index in [1.807, 2.05) is 0 Å². The lowest BCUT2D eigenvalue weighted by atomic mass is 9.95. The number of carbonyl (C=O) groups is 8. The van der Waals surface area contributed by atoms with Gasteiger partial charge in [-0.2, -0.15) is 0 Å². The van der Waals surface area contributed by atoms with Crippen LogP contribution in [-0.2, 0) is 90.5 Å². The van der Waals surface area contributed by atoms with Gasteiger partial charge in [0.2, 0.25) is 12.4 Å². The fourth-order valence-corrected chi connectivity index (χ4v) is 5.47. The second-order valence-corrected chi connectivity index (χ2v) is 18.1. The number of rotatable bonds is 20. The molecule has 6 unspecified atom stereocenters. The van der Waals surface area contributed by atoms with Crippen molar-refractivity contribution in [2.75, 3.05) is 13.2 Å². The molecule has 2 fully saturated rings. The highest BCUT2D eigenvalue weighted by atomic mass is 16.8. The van der Waals surface area contributed by atoms with Crippen LogP contribution in [0.15, 0.2) is 0 Å². The molecular weight excluding hydrogens is 832 g/mol. The maximum Gasteiger partial charge on any atom is 0.310 e. The van der Waals surface area contributed by atoms with Crippen molar-refractivity contribution < 1.29 is 90.5 Å². The summed E-state index contributed by atoms with van der Waals surface area (Å²) in [5.41, 5.74) is 0. The molecule has 2 heterocycles. The molecule has 2 aliphatic heterocycles. The van der Waals surface area contributed by atoms with Gasteiger partial charge >= 0.3 is 47.8 Å². The summed E-state index contributed by atoms with van der Waals surface area (Å²) in [4.78, 5) is 106. The molecule has 0 aromatic rings. The van der Waals surface area contributed by atoms with Crippen LogP contribution < -0.4 is 0 Å². The maximum atomic E-state index is 13.6. The minimum atomic E-state index is -1.89. The third kappa shape index (κ3) is 16.0. The molecule has 2 saturated heterocycles. The minimum absolute atomic E-state index is 0.599. The summed E-state index contributed by atoms with van der Waals surface area (Å²) < 4.78 is 65.9. The van der Waals surface area contributed by atoms with Crippen molar-refractivity contribution in [3.8, 4) is 0 Å². The fraction of sp³-hybridized carbons (Fsp3) is 0.818. The Kier molecular flexibility index (Phi) is 21.4. The van der Waals surface area contributed by atoms with Crippen molar-refractivity contribution in [1.82, 2.24) is 0 Å². The molecule has 0 aliphatic carbocycles. The third-order valence-electron chi connectivity index (χ3n) is 9.52. The van der Waals surface area contributed by atoms with Crippen LogP contribution >= 0.6 is 0 Å². The zero-order valence-corrected chi connectivity index (χ0v) is 39.6. The van der Waals surface area contributed by atoms with Crippen molar-refractivity contribution in [1.29, 1.82) is 0 Å². The van der Waals surface area contributed by atoms with Crippen LogP contribution in [0.2, 0.25) is 0 Å². The molecule has 0 saturated carbocycles. The first-order valence-corrected chi connectivity index (χ1v) is 21.7. The van der Waals surface area contributed by atoms with E-state index < -0.39 is 170 Å². The Balaban J connectivity index is 3.04. The van der Waals surface area contributed by atoms with Crippen LogP contribution in [0.4, 0.5) is 0 Å². The smallest absolute Gasteiger partial charge is 0.310 e. The van der Waals surface area contributed by atoms with Gasteiger partial charge in [0.05, 0.1) is 47.3 Å². The molecule has 0 aromatic carbocycles. The maximum absolute atomic E-state index is 13.6. The monoisotopic (exact) mass is 902 g/mol. The van der Waals surface area contributed by atoms with Gasteiger partial charge in [0.1, 0.15) is 31.5 Å². The highest BCUT2D eigenvalue weighted by Crippen LogP contribution is 2.37. The standard InChI is InChI=1S/C44H70O19/c1-19(2)35(45)53-17-27-29(57-37(47)21(5)6)31(58-38(48)22(7)8)33(60-40(50)24(11)12)43(55-27)62-30-28(18-54-36(46)20(3)4)56-44(63-42(52)26(15)16)34(61-41(51)25(13)14)32(30)59-39(49)23(9)10/h19-34,43-44H,17-18H2,1-16H3/t27?,28?,29-,30-,31?,32?,33?,34?,43-,44+/m1/s1. The molecule has 19 nitrogen and oxygen atoms in total. The lowest BCUT2D eigenvalue weighted by molar-refractivity contribution is -0.359. The number of esters is 8. The predicted molar refractivity (Wildman–Crippen MR) is 218 cm³/mol. The molecule has 2 aliphatic rings. The molecule has 0 bridgehead atoms. The van der Waals surface area contributed by atoms with Gasteiger partial charge in [0.25, 0.3) is 0 Å². The topological polar surface area (TPSA) is 238 Å². The van der Waals surface area contributed by atoms with Gasteiger partial charge in [-0.3, -0.25) is 38.4 Å². The summed E-state index contributed by atoms with van der Waals surface area (Å²) >= 11 is 0. The summed E-state index contributed by atoms with van der Waals surface area (Å²) in [5.74, 6) is -12.0. The van der Waals surface area contributed by atoms with E-state index >= 15 is 0 Å². The van der Waals surface area contributed by atoms with Crippen LogP contribution in [0.5, 0.6) is 0 Å². The predicted octanol–water partition coefficient (Wildman–Crippen LogP) is 4.26. The first kappa shape index (κ1) is 54.8. The number of carbonyl (C=O) groups excluding carboxylic acids is 8. The summed E-state index contributed by atoms with van der Waals surface area (Å²) in [6.07, 6.45) is -16.9. The van der Waals surface area contributed by atoms with Crippen molar-refractivity contribution in [2.24, 2.45) is 47.3 Å². The van der Waals surface area contributed by atoms with Crippen LogP contribution in [-0.4, -0.2) is 122 Å². The molecular formula is C44H70O19. The van der Waals surface area contributed by atoms with Gasteiger partial charge < -0.3 is 52.1 Å². The highest BCUT2D eigenvalue weighted by molar-refractivity contribution is 5.75. The SMILES string of the molecule is CC(C)C(=O)OCC1O[C@H](O[C@@H]2C(COC(=O)C(C)C)O[C@@H](OC(=O)C(C)C)C(OC(=O)C(C)C)C2OC(=O)C(C)C)C(OC(=O)C(C)C)C(OC(=O)C(C)C)[C@@H]1OC(=O)C(C)C. The molecule has 63 heavy (non-hydrogen) atoms. The van der Waals surface area contributed by atoms with Crippen LogP contribution in [0.3, 0.4) is 0 Å². The van der Waals surface area contributed by atoms with Gasteiger partial charge in [0, 0.05) is 0 Å². The average molecular weight is 903 g/mol. The molecule has 19 heteroatoms. The van der Waals surface area contributed by atoms with Crippen LogP contribution in [0, 0.1) is 47.3 Å². The fourth-order valence-electron chi connectivity index (χ4n) is 5.47. The van der Waals surface area contributed by atoms with E-state index in [1.54, 1.807) is 69.2 Å². The number of ether oxygens (including phenoxy) is 11. The first-order chi connectivity index (χ1) is 29.2. The van der Waals surface area contributed by atoms with Crippen molar-refractivity contribution in [3.05, 3.63) is 0 Å². The Labute approximate surface area is 370 Å². The number of hydrogen-bond donors (Lipinski definition) is 0. The molecule has 0 N–H and O–H groups in total. The lowest BCUT2D eigenvalue weighted by Gasteiger charge is -2.49. The summed E-state index contributed by atoms with van der Waals surface area (Å²) in [6, 6.07) is 0. The van der Waals surface area contributed by atoms with E-state index in [4.69, 9.17) is 52.1 Å². The summed E-state index contributed by atoms with van der Waals surface area (Å²) in [7, 11) is 0. The van der Waals surface area contributed by atoms with Gasteiger partial charge in [-0.15, -0.1) is 0 Å². The van der Waals surface area contributed by atoms with E-state index in [2.05, 4.69) is 0 Å². The van der Waals surface area contributed by atoms with E-state index in [9.17, 15) is 38.4 Å². The molecule has 0 spiro atoms. The van der Waals surface area contributed by atoms with Crippen LogP contribution in [0.1, 0.15) is 111 Å². The van der Waals surface area contributed by atoms with Crippen molar-refractivity contribution >= 4 is 47.8 Å². The summed E-state index contributed by atoms with van der Waals surface area (Å²) in [5, 5.41) is 0. The van der Waals surface area contributed by atoms with Crippen molar-refractivity contribution in [3.63, 3.8) is 0 Å². The second-order valence-electron chi connectivity index (χ2n) is 18.1.